The van der Waals surface area contributed by atoms with Gasteiger partial charge in [-0.05, 0) is 52.9 Å². The van der Waals surface area contributed by atoms with Crippen molar-refractivity contribution in [1.29, 1.82) is 0 Å². The fourth-order valence-corrected chi connectivity index (χ4v) is 3.33. The molecule has 6 heteroatoms. The Morgan fingerprint density at radius 3 is 2.70 bits per heavy atom. The molecule has 1 aliphatic carbocycles. The van der Waals surface area contributed by atoms with Crippen LogP contribution in [0.2, 0.25) is 0 Å². The van der Waals surface area contributed by atoms with Gasteiger partial charge < -0.3 is 14.8 Å². The highest BCUT2D eigenvalue weighted by Crippen LogP contribution is 2.26. The van der Waals surface area contributed by atoms with Crippen LogP contribution in [0.1, 0.15) is 43.0 Å². The van der Waals surface area contributed by atoms with Crippen LogP contribution in [0.4, 0.5) is 0 Å². The van der Waals surface area contributed by atoms with Crippen LogP contribution in [0.3, 0.4) is 0 Å². The summed E-state index contributed by atoms with van der Waals surface area (Å²) >= 11 is 3.32. The van der Waals surface area contributed by atoms with Crippen molar-refractivity contribution in [3.8, 4) is 5.75 Å². The summed E-state index contributed by atoms with van der Waals surface area (Å²) < 4.78 is 10.9. The van der Waals surface area contributed by atoms with E-state index < -0.39 is 5.97 Å². The fraction of sp³-hybridized carbons (Fsp3) is 0.529. The Balaban J connectivity index is 1.83. The van der Waals surface area contributed by atoms with Gasteiger partial charge in [0.15, 0.2) is 6.61 Å². The van der Waals surface area contributed by atoms with Gasteiger partial charge in [0.1, 0.15) is 5.75 Å². The summed E-state index contributed by atoms with van der Waals surface area (Å²) in [7, 11) is 1.55. The number of hydrogen-bond acceptors (Lipinski definition) is 4. The summed E-state index contributed by atoms with van der Waals surface area (Å²) in [5.41, 5.74) is 0.372. The van der Waals surface area contributed by atoms with Gasteiger partial charge in [0.05, 0.1) is 17.1 Å². The lowest BCUT2D eigenvalue weighted by molar-refractivity contribution is -0.125. The van der Waals surface area contributed by atoms with E-state index in [1.807, 2.05) is 0 Å². The molecule has 0 radical (unpaired) electrons. The third-order valence-electron chi connectivity index (χ3n) is 4.18. The van der Waals surface area contributed by atoms with Crippen molar-refractivity contribution in [2.24, 2.45) is 5.92 Å². The highest BCUT2D eigenvalue weighted by molar-refractivity contribution is 9.10. The van der Waals surface area contributed by atoms with Gasteiger partial charge in [-0.2, -0.15) is 0 Å². The predicted molar refractivity (Wildman–Crippen MR) is 90.5 cm³/mol. The predicted octanol–water partition coefficient (Wildman–Crippen LogP) is 3.31. The second kappa shape index (κ2) is 8.34. The minimum atomic E-state index is -0.528. The van der Waals surface area contributed by atoms with E-state index in [0.29, 0.717) is 21.7 Å². The molecule has 126 valence electrons. The van der Waals surface area contributed by atoms with E-state index in [1.54, 1.807) is 25.3 Å². The minimum absolute atomic E-state index is 0.185. The van der Waals surface area contributed by atoms with Crippen LogP contribution in [0, 0.1) is 5.92 Å². The van der Waals surface area contributed by atoms with Crippen LogP contribution in [-0.4, -0.2) is 31.6 Å². The maximum atomic E-state index is 12.0. The lowest BCUT2D eigenvalue weighted by atomic mass is 9.86. The van der Waals surface area contributed by atoms with Crippen molar-refractivity contribution >= 4 is 27.8 Å². The monoisotopic (exact) mass is 383 g/mol. The van der Waals surface area contributed by atoms with Gasteiger partial charge in [-0.1, -0.05) is 19.8 Å². The molecule has 0 bridgehead atoms. The Morgan fingerprint density at radius 2 is 2.04 bits per heavy atom. The van der Waals surface area contributed by atoms with Crippen molar-refractivity contribution in [2.75, 3.05) is 13.7 Å². The van der Waals surface area contributed by atoms with Crippen molar-refractivity contribution in [3.63, 3.8) is 0 Å². The van der Waals surface area contributed by atoms with E-state index in [9.17, 15) is 9.59 Å². The van der Waals surface area contributed by atoms with Gasteiger partial charge in [-0.3, -0.25) is 4.79 Å². The number of nitrogens with one attached hydrogen (secondary N) is 1. The molecule has 5 nitrogen and oxygen atoms in total. The van der Waals surface area contributed by atoms with Crippen LogP contribution < -0.4 is 10.1 Å². The molecule has 23 heavy (non-hydrogen) atoms. The molecule has 1 amide bonds. The number of halogens is 1. The molecule has 1 aromatic rings. The van der Waals surface area contributed by atoms with E-state index in [1.165, 1.54) is 6.42 Å². The Labute approximate surface area is 144 Å². The summed E-state index contributed by atoms with van der Waals surface area (Å²) in [6.45, 7) is 1.89. The van der Waals surface area contributed by atoms with Gasteiger partial charge in [0, 0.05) is 6.04 Å². The number of hydrogen-bond donors (Lipinski definition) is 1. The van der Waals surface area contributed by atoms with E-state index in [-0.39, 0.29) is 18.6 Å². The van der Waals surface area contributed by atoms with E-state index in [4.69, 9.17) is 9.47 Å². The van der Waals surface area contributed by atoms with Crippen LogP contribution in [-0.2, 0) is 9.53 Å². The molecule has 0 aliphatic heterocycles. The van der Waals surface area contributed by atoms with E-state index in [0.717, 1.165) is 19.3 Å². The van der Waals surface area contributed by atoms with Crippen molar-refractivity contribution < 1.29 is 19.1 Å². The number of benzene rings is 1. The molecular formula is C17H22BrNO4. The zero-order valence-corrected chi connectivity index (χ0v) is 15.0. The number of ether oxygens (including phenoxy) is 2. The molecule has 1 saturated carbocycles. The lowest BCUT2D eigenvalue weighted by Gasteiger charge is -2.29. The molecular weight excluding hydrogens is 362 g/mol. The van der Waals surface area contributed by atoms with Gasteiger partial charge >= 0.3 is 5.97 Å². The first-order valence-electron chi connectivity index (χ1n) is 7.81. The number of amides is 1. The Kier molecular flexibility index (Phi) is 6.45. The summed E-state index contributed by atoms with van der Waals surface area (Å²) in [6.07, 6.45) is 4.47. The normalized spacial score (nSPS) is 20.7. The van der Waals surface area contributed by atoms with Crippen molar-refractivity contribution in [3.05, 3.63) is 28.2 Å². The minimum Gasteiger partial charge on any atom is -0.496 e. The first kappa shape index (κ1) is 17.8. The molecule has 1 N–H and O–H groups in total. The molecule has 0 spiro atoms. The zero-order chi connectivity index (χ0) is 16.8. The van der Waals surface area contributed by atoms with Gasteiger partial charge in [-0.15, -0.1) is 0 Å². The number of esters is 1. The maximum absolute atomic E-state index is 12.0. The molecule has 2 rings (SSSR count). The van der Waals surface area contributed by atoms with Gasteiger partial charge in [0.2, 0.25) is 0 Å². The van der Waals surface area contributed by atoms with Crippen LogP contribution >= 0.6 is 15.9 Å². The second-order valence-corrected chi connectivity index (χ2v) is 6.72. The number of carbonyl (C=O) groups excluding carboxylic acids is 2. The molecule has 0 aromatic heterocycles. The third kappa shape index (κ3) is 4.96. The third-order valence-corrected chi connectivity index (χ3v) is 4.80. The summed E-state index contributed by atoms with van der Waals surface area (Å²) in [5, 5.41) is 2.96. The molecule has 1 aromatic carbocycles. The zero-order valence-electron chi connectivity index (χ0n) is 13.4. The largest absolute Gasteiger partial charge is 0.496 e. The number of rotatable bonds is 5. The Morgan fingerprint density at radius 1 is 1.30 bits per heavy atom. The molecule has 0 saturated heterocycles. The second-order valence-electron chi connectivity index (χ2n) is 5.86. The van der Waals surface area contributed by atoms with Gasteiger partial charge in [0.25, 0.3) is 5.91 Å². The van der Waals surface area contributed by atoms with Crippen molar-refractivity contribution in [1.82, 2.24) is 5.32 Å². The number of methoxy groups -OCH3 is 1. The first-order valence-corrected chi connectivity index (χ1v) is 8.60. The SMILES string of the molecule is COc1ccc(C(=O)OCC(=O)NC2CCCCC2C)cc1Br. The topological polar surface area (TPSA) is 64.6 Å². The van der Waals surface area contributed by atoms with Gasteiger partial charge in [-0.25, -0.2) is 4.79 Å². The molecule has 0 heterocycles. The summed E-state index contributed by atoms with van der Waals surface area (Å²) in [6, 6.07) is 5.07. The standard InChI is InChI=1S/C17H22BrNO4/c1-11-5-3-4-6-14(11)19-16(20)10-23-17(21)12-7-8-15(22-2)13(18)9-12/h7-9,11,14H,3-6,10H2,1-2H3,(H,19,20). The maximum Gasteiger partial charge on any atom is 0.338 e. The van der Waals surface area contributed by atoms with E-state index in [2.05, 4.69) is 28.2 Å². The average molecular weight is 384 g/mol. The molecule has 2 atom stereocenters. The first-order chi connectivity index (χ1) is 11.0. The van der Waals surface area contributed by atoms with E-state index >= 15 is 0 Å². The Hall–Kier alpha value is -1.56. The quantitative estimate of drug-likeness (QED) is 0.792. The molecule has 2 unspecified atom stereocenters. The molecule has 1 aliphatic rings. The highest BCUT2D eigenvalue weighted by Gasteiger charge is 2.23. The summed E-state index contributed by atoms with van der Waals surface area (Å²) in [5.74, 6) is 0.330. The van der Waals surface area contributed by atoms with Crippen LogP contribution in [0.25, 0.3) is 0 Å². The van der Waals surface area contributed by atoms with Crippen LogP contribution in [0.5, 0.6) is 5.75 Å². The highest BCUT2D eigenvalue weighted by atomic mass is 79.9. The van der Waals surface area contributed by atoms with Crippen LogP contribution in [0.15, 0.2) is 22.7 Å². The average Bonchev–Trinajstić information content (AvgIpc) is 2.54. The number of carbonyl (C=O) groups is 2. The van der Waals surface area contributed by atoms with Crippen molar-refractivity contribution in [2.45, 2.75) is 38.6 Å². The fourth-order valence-electron chi connectivity index (χ4n) is 2.79. The molecule has 1 fully saturated rings. The lowest BCUT2D eigenvalue weighted by Crippen LogP contribution is -2.42. The Bertz CT molecular complexity index is 576. The smallest absolute Gasteiger partial charge is 0.338 e. The summed E-state index contributed by atoms with van der Waals surface area (Å²) in [4.78, 5) is 23.9.